The van der Waals surface area contributed by atoms with E-state index >= 15 is 0 Å². The third-order valence-corrected chi connectivity index (χ3v) is 2.54. The molecule has 0 aliphatic rings. The van der Waals surface area contributed by atoms with Gasteiger partial charge >= 0.3 is 0 Å². The summed E-state index contributed by atoms with van der Waals surface area (Å²) in [5.74, 6) is 0.284. The van der Waals surface area contributed by atoms with Gasteiger partial charge in [0.05, 0.1) is 18.5 Å². The Hall–Kier alpha value is -0.860. The molecule has 0 bridgehead atoms. The molecule has 0 fully saturated rings. The first-order valence-corrected chi connectivity index (χ1v) is 5.50. The zero-order valence-corrected chi connectivity index (χ0v) is 10.9. The number of hydrogen-bond donors (Lipinski definition) is 1. The molecule has 1 aromatic rings. The minimum atomic E-state index is 0. The van der Waals surface area contributed by atoms with E-state index in [1.54, 1.807) is 6.92 Å². The van der Waals surface area contributed by atoms with Crippen molar-refractivity contribution in [2.24, 2.45) is 0 Å². The number of hydrogen-bond acceptors (Lipinski definition) is 1. The molecule has 0 saturated heterocycles. The van der Waals surface area contributed by atoms with Gasteiger partial charge in [-0.3, -0.25) is 4.79 Å². The molecule has 1 unspecified atom stereocenters. The van der Waals surface area contributed by atoms with Gasteiger partial charge in [-0.25, -0.2) is 0 Å². The lowest BCUT2D eigenvalue weighted by Crippen LogP contribution is -3.00. The second kappa shape index (κ2) is 7.42. The van der Waals surface area contributed by atoms with Crippen LogP contribution in [-0.2, 0) is 4.79 Å². The molecule has 2 N–H and O–H groups in total. The first-order valence-electron chi connectivity index (χ1n) is 5.50. The van der Waals surface area contributed by atoms with Gasteiger partial charge in [-0.05, 0) is 26.3 Å². The van der Waals surface area contributed by atoms with Gasteiger partial charge < -0.3 is 17.7 Å². The zero-order valence-electron chi connectivity index (χ0n) is 10.1. The van der Waals surface area contributed by atoms with Crippen molar-refractivity contribution in [2.45, 2.75) is 32.7 Å². The molecule has 0 aliphatic heterocycles. The average molecular weight is 242 g/mol. The van der Waals surface area contributed by atoms with E-state index in [0.29, 0.717) is 6.04 Å². The Balaban J connectivity index is 0.00000225. The molecule has 0 aromatic heterocycles. The summed E-state index contributed by atoms with van der Waals surface area (Å²) in [5.41, 5.74) is 1.13. The summed E-state index contributed by atoms with van der Waals surface area (Å²) < 4.78 is 0. The standard InChI is InChI=1S/C13H19NO.ClH/c1-10(2)14-9-13(11(3)15)12-7-5-4-6-8-12;/h4-8,10,13-14H,9H2,1-3H3;1H. The van der Waals surface area contributed by atoms with Crippen LogP contribution >= 0.6 is 0 Å². The van der Waals surface area contributed by atoms with Crippen molar-refractivity contribution in [3.05, 3.63) is 35.9 Å². The van der Waals surface area contributed by atoms with E-state index in [-0.39, 0.29) is 24.1 Å². The molecule has 1 atom stereocenters. The zero-order chi connectivity index (χ0) is 11.3. The van der Waals surface area contributed by atoms with Crippen LogP contribution in [0.5, 0.6) is 0 Å². The average Bonchev–Trinajstić information content (AvgIpc) is 2.18. The van der Waals surface area contributed by atoms with E-state index in [9.17, 15) is 4.79 Å². The molecule has 1 rings (SSSR count). The van der Waals surface area contributed by atoms with Crippen molar-refractivity contribution in [1.29, 1.82) is 0 Å². The smallest absolute Gasteiger partial charge is 0.142 e. The lowest BCUT2D eigenvalue weighted by atomic mass is 9.95. The van der Waals surface area contributed by atoms with E-state index in [0.717, 1.165) is 12.1 Å². The predicted octanol–water partition coefficient (Wildman–Crippen LogP) is -1.66. The highest BCUT2D eigenvalue weighted by molar-refractivity contribution is 5.83. The maximum Gasteiger partial charge on any atom is 0.142 e. The molecular formula is C13H20ClNO. The molecule has 3 heteroatoms. The van der Waals surface area contributed by atoms with Gasteiger partial charge in [-0.1, -0.05) is 30.3 Å². The number of halogens is 1. The van der Waals surface area contributed by atoms with Crippen LogP contribution in [0.25, 0.3) is 0 Å². The summed E-state index contributed by atoms with van der Waals surface area (Å²) >= 11 is 0. The first-order chi connectivity index (χ1) is 7.11. The molecule has 0 heterocycles. The summed E-state index contributed by atoms with van der Waals surface area (Å²) in [4.78, 5) is 11.5. The number of Topliss-reactive ketones (excluding diaryl/α,β-unsaturated/α-hetero) is 1. The molecular weight excluding hydrogens is 222 g/mol. The number of rotatable bonds is 5. The fraction of sp³-hybridized carbons (Fsp3) is 0.462. The minimum absolute atomic E-state index is 0. The van der Waals surface area contributed by atoms with E-state index < -0.39 is 0 Å². The van der Waals surface area contributed by atoms with Crippen LogP contribution in [0.4, 0.5) is 0 Å². The summed E-state index contributed by atoms with van der Waals surface area (Å²) in [6.07, 6.45) is 0. The van der Waals surface area contributed by atoms with Crippen molar-refractivity contribution < 1.29 is 22.5 Å². The van der Waals surface area contributed by atoms with Gasteiger partial charge in [0.25, 0.3) is 0 Å². The molecule has 0 spiro atoms. The van der Waals surface area contributed by atoms with Gasteiger partial charge in [0.2, 0.25) is 0 Å². The predicted molar refractivity (Wildman–Crippen MR) is 61.8 cm³/mol. The highest BCUT2D eigenvalue weighted by atomic mass is 35.5. The second-order valence-corrected chi connectivity index (χ2v) is 4.29. The number of carbonyl (C=O) groups is 1. The van der Waals surface area contributed by atoms with E-state index in [2.05, 4.69) is 19.2 Å². The Morgan fingerprint density at radius 1 is 1.25 bits per heavy atom. The van der Waals surface area contributed by atoms with Gasteiger partial charge in [0, 0.05) is 0 Å². The summed E-state index contributed by atoms with van der Waals surface area (Å²) in [7, 11) is 0. The maximum atomic E-state index is 11.5. The fourth-order valence-corrected chi connectivity index (χ4v) is 1.63. The molecule has 16 heavy (non-hydrogen) atoms. The van der Waals surface area contributed by atoms with Crippen LogP contribution in [0.1, 0.15) is 32.3 Å². The Morgan fingerprint density at radius 3 is 2.25 bits per heavy atom. The Morgan fingerprint density at radius 2 is 1.81 bits per heavy atom. The molecule has 2 nitrogen and oxygen atoms in total. The monoisotopic (exact) mass is 241 g/mol. The van der Waals surface area contributed by atoms with E-state index in [1.165, 1.54) is 0 Å². The maximum absolute atomic E-state index is 11.5. The van der Waals surface area contributed by atoms with Crippen LogP contribution in [0.3, 0.4) is 0 Å². The van der Waals surface area contributed by atoms with Crippen molar-refractivity contribution >= 4 is 5.78 Å². The number of quaternary nitrogens is 1. The molecule has 0 aliphatic carbocycles. The molecule has 90 valence electrons. The largest absolute Gasteiger partial charge is 1.00 e. The lowest BCUT2D eigenvalue weighted by molar-refractivity contribution is -0.683. The van der Waals surface area contributed by atoms with Gasteiger partial charge in [-0.2, -0.15) is 0 Å². The summed E-state index contributed by atoms with van der Waals surface area (Å²) in [6, 6.07) is 10.5. The van der Waals surface area contributed by atoms with Crippen molar-refractivity contribution in [1.82, 2.24) is 0 Å². The highest BCUT2D eigenvalue weighted by Gasteiger charge is 2.18. The Kier molecular flexibility index (Phi) is 7.02. The van der Waals surface area contributed by atoms with Crippen LogP contribution in [0.2, 0.25) is 0 Å². The molecule has 0 radical (unpaired) electrons. The Bertz CT molecular complexity index is 311. The first kappa shape index (κ1) is 15.1. The molecule has 0 amide bonds. The van der Waals surface area contributed by atoms with Crippen LogP contribution in [0.15, 0.2) is 30.3 Å². The van der Waals surface area contributed by atoms with E-state index in [1.807, 2.05) is 30.3 Å². The third kappa shape index (κ3) is 4.77. The second-order valence-electron chi connectivity index (χ2n) is 4.29. The highest BCUT2D eigenvalue weighted by Crippen LogP contribution is 2.14. The van der Waals surface area contributed by atoms with Crippen LogP contribution in [0, 0.1) is 0 Å². The number of benzene rings is 1. The van der Waals surface area contributed by atoms with Crippen molar-refractivity contribution in [3.8, 4) is 0 Å². The van der Waals surface area contributed by atoms with Crippen LogP contribution in [-0.4, -0.2) is 18.4 Å². The Labute approximate surface area is 104 Å². The topological polar surface area (TPSA) is 33.7 Å². The number of ketones is 1. The summed E-state index contributed by atoms with van der Waals surface area (Å²) in [5, 5.41) is 2.21. The van der Waals surface area contributed by atoms with Crippen LogP contribution < -0.4 is 17.7 Å². The van der Waals surface area contributed by atoms with Gasteiger partial charge in [0.15, 0.2) is 0 Å². The molecule has 1 aromatic carbocycles. The number of nitrogens with two attached hydrogens (primary N) is 1. The lowest BCUT2D eigenvalue weighted by Gasteiger charge is -2.14. The molecule has 0 saturated carbocycles. The van der Waals surface area contributed by atoms with Crippen molar-refractivity contribution in [3.63, 3.8) is 0 Å². The third-order valence-electron chi connectivity index (χ3n) is 2.54. The van der Waals surface area contributed by atoms with Crippen molar-refractivity contribution in [2.75, 3.05) is 6.54 Å². The van der Waals surface area contributed by atoms with Gasteiger partial charge in [0.1, 0.15) is 5.78 Å². The SMILES string of the molecule is CC(=O)C(C[NH2+]C(C)C)c1ccccc1.[Cl-]. The normalized spacial score (nSPS) is 12.0. The quantitative estimate of drug-likeness (QED) is 0.658. The van der Waals surface area contributed by atoms with E-state index in [4.69, 9.17) is 0 Å². The fourth-order valence-electron chi connectivity index (χ4n) is 1.63. The number of carbonyl (C=O) groups excluding carboxylic acids is 1. The minimum Gasteiger partial charge on any atom is -1.00 e. The summed E-state index contributed by atoms with van der Waals surface area (Å²) in [6.45, 7) is 6.80. The van der Waals surface area contributed by atoms with Gasteiger partial charge in [-0.15, -0.1) is 0 Å².